The summed E-state index contributed by atoms with van der Waals surface area (Å²) < 4.78 is 11.6. The number of carbonyl (C=O) groups excluding carboxylic acids is 2. The van der Waals surface area contributed by atoms with Gasteiger partial charge in [0, 0.05) is 71.7 Å². The first-order valence-corrected chi connectivity index (χ1v) is 19.1. The minimum atomic E-state index is -0.997. The average Bonchev–Trinajstić information content (AvgIpc) is 3.39. The minimum Gasteiger partial charge on any atom is -0.493 e. The highest BCUT2D eigenvalue weighted by Crippen LogP contribution is 2.54. The molecule has 1 saturated heterocycles. The summed E-state index contributed by atoms with van der Waals surface area (Å²) >= 11 is 12.9. The fourth-order valence-corrected chi connectivity index (χ4v) is 7.79. The Morgan fingerprint density at radius 2 is 1.76 bits per heavy atom. The maximum Gasteiger partial charge on any atom is 0.326 e. The molecule has 2 aliphatic heterocycles. The van der Waals surface area contributed by atoms with Crippen LogP contribution in [0.2, 0.25) is 5.02 Å². The molecule has 13 heteroatoms. The van der Waals surface area contributed by atoms with Gasteiger partial charge in [0.1, 0.15) is 17.3 Å². The molecular weight excluding hydrogens is 725 g/mol. The fraction of sp³-hybridized carbons (Fsp3) is 0.439. The Bertz CT molecular complexity index is 1970. The molecule has 1 aliphatic carbocycles. The molecule has 0 radical (unpaired) electrons. The number of pyridine rings is 2. The highest BCUT2D eigenvalue weighted by Gasteiger charge is 2.62. The van der Waals surface area contributed by atoms with Crippen LogP contribution < -0.4 is 14.8 Å². The van der Waals surface area contributed by atoms with Gasteiger partial charge in [-0.25, -0.2) is 9.78 Å². The summed E-state index contributed by atoms with van der Waals surface area (Å²) in [6.07, 6.45) is 10.0. The molecule has 0 bridgehead atoms. The lowest BCUT2D eigenvalue weighted by molar-refractivity contribution is -0.117. The molecule has 3 aliphatic rings. The van der Waals surface area contributed by atoms with Gasteiger partial charge in [-0.15, -0.1) is 0 Å². The highest BCUT2D eigenvalue weighted by molar-refractivity contribution is 6.31. The summed E-state index contributed by atoms with van der Waals surface area (Å²) in [5, 5.41) is 4.16. The lowest BCUT2D eigenvalue weighted by Gasteiger charge is -2.49. The number of amidine groups is 1. The predicted molar refractivity (Wildman–Crippen MR) is 214 cm³/mol. The number of hydrogen-bond donors (Lipinski definition) is 1. The van der Waals surface area contributed by atoms with Crippen molar-refractivity contribution in [1.29, 1.82) is 0 Å². The van der Waals surface area contributed by atoms with E-state index < -0.39 is 11.1 Å². The van der Waals surface area contributed by atoms with Gasteiger partial charge in [-0.2, -0.15) is 0 Å². The van der Waals surface area contributed by atoms with Crippen LogP contribution >= 0.6 is 23.2 Å². The fourth-order valence-electron chi connectivity index (χ4n) is 7.50. The number of methoxy groups -OCH3 is 1. The summed E-state index contributed by atoms with van der Waals surface area (Å²) in [4.78, 5) is 48.7. The monoisotopic (exact) mass is 773 g/mol. The molecule has 11 nitrogen and oxygen atoms in total. The molecule has 4 heterocycles. The van der Waals surface area contributed by atoms with Crippen LogP contribution in [-0.4, -0.2) is 94.4 Å². The molecular formula is C41H49Cl2N7O4. The summed E-state index contributed by atoms with van der Waals surface area (Å²) in [5.41, 5.74) is 0.796. The van der Waals surface area contributed by atoms with Gasteiger partial charge >= 0.3 is 6.03 Å². The highest BCUT2D eigenvalue weighted by atomic mass is 35.5. The van der Waals surface area contributed by atoms with Crippen molar-refractivity contribution in [1.82, 2.24) is 24.7 Å². The third-order valence-corrected chi connectivity index (χ3v) is 11.3. The zero-order valence-electron chi connectivity index (χ0n) is 32.0. The van der Waals surface area contributed by atoms with E-state index in [4.69, 9.17) is 42.7 Å². The number of nitrogens with zero attached hydrogens (tertiary/aromatic N) is 6. The largest absolute Gasteiger partial charge is 0.493 e. The third kappa shape index (κ3) is 7.59. The molecule has 54 heavy (non-hydrogen) atoms. The number of aromatic nitrogens is 2. The Hall–Kier alpha value is -4.45. The molecule has 0 spiro atoms. The molecule has 2 aromatic heterocycles. The van der Waals surface area contributed by atoms with Crippen molar-refractivity contribution in [3.05, 3.63) is 100.0 Å². The molecule has 3 aromatic rings. The number of urea groups is 1. The number of piperazine rings is 1. The van der Waals surface area contributed by atoms with E-state index in [1.165, 1.54) is 7.11 Å². The second-order valence-electron chi connectivity index (χ2n) is 15.2. The van der Waals surface area contributed by atoms with E-state index >= 15 is 4.79 Å². The first-order chi connectivity index (χ1) is 25.7. The lowest BCUT2D eigenvalue weighted by Crippen LogP contribution is -2.63. The summed E-state index contributed by atoms with van der Waals surface area (Å²) in [5.74, 6) is 1.14. The molecule has 286 valence electrons. The lowest BCUT2D eigenvalue weighted by atomic mass is 9.66. The van der Waals surface area contributed by atoms with Crippen LogP contribution in [-0.2, 0) is 15.7 Å². The Labute approximate surface area is 328 Å². The number of aliphatic imine (C=N–C) groups is 1. The van der Waals surface area contributed by atoms with Gasteiger partial charge in [-0.3, -0.25) is 24.6 Å². The molecule has 6 rings (SSSR count). The zero-order valence-corrected chi connectivity index (χ0v) is 33.5. The van der Waals surface area contributed by atoms with Crippen molar-refractivity contribution in [2.45, 2.75) is 64.5 Å². The number of amides is 3. The van der Waals surface area contributed by atoms with Gasteiger partial charge in [-0.1, -0.05) is 68.3 Å². The average molecular weight is 775 g/mol. The van der Waals surface area contributed by atoms with E-state index in [0.717, 1.165) is 11.3 Å². The topological polar surface area (TPSA) is 112 Å². The number of halogens is 2. The minimum absolute atomic E-state index is 0.111. The summed E-state index contributed by atoms with van der Waals surface area (Å²) in [6.45, 7) is 14.8. The van der Waals surface area contributed by atoms with Crippen molar-refractivity contribution < 1.29 is 19.1 Å². The van der Waals surface area contributed by atoms with Crippen molar-refractivity contribution in [2.75, 3.05) is 51.8 Å². The number of ether oxygens (including phenoxy) is 2. The number of hydrogen-bond acceptors (Lipinski definition) is 8. The number of carbonyl (C=O) groups is 2. The van der Waals surface area contributed by atoms with Gasteiger partial charge < -0.3 is 19.7 Å². The van der Waals surface area contributed by atoms with Crippen molar-refractivity contribution >= 4 is 46.7 Å². The maximum atomic E-state index is 15.3. The standard InChI is InChI=1S/C41H49Cl2N7O4/c1-8-54-33-24-34(39(2,3)4)45-25-31(33)36-47-40(5,27-11-15-29(42)16-12-27)41(6,28-13-17-30(43)18-14-28)50(36)38(52)49-22-20-48(21-23-49)26-35(51)46-32-10-9-19-44-37(32)53-7/h9-11,13-19,24-25,27H,8,12,20-23,26H2,1-7H3,(H,46,51)/t27?,40-,41+/m0/s1. The van der Waals surface area contributed by atoms with Crippen LogP contribution in [0.3, 0.4) is 0 Å². The normalized spacial score (nSPS) is 23.2. The number of benzene rings is 1. The Balaban J connectivity index is 1.38. The SMILES string of the molecule is CCOc1cc(C(C)(C)C)ncc1C1=N[C@@](C)(C2C=CC(Cl)=CC2)[C@@](C)(c2ccc(Cl)cc2)N1C(=O)N1CCN(CC(=O)Nc2cccnc2OC)CC1. The molecule has 3 amide bonds. The Kier molecular flexibility index (Phi) is 11.4. The first kappa shape index (κ1) is 39.2. The molecule has 1 fully saturated rings. The van der Waals surface area contributed by atoms with Gasteiger partial charge in [0.25, 0.3) is 0 Å². The molecule has 1 aromatic carbocycles. The van der Waals surface area contributed by atoms with Crippen LogP contribution in [0.4, 0.5) is 10.5 Å². The van der Waals surface area contributed by atoms with Crippen molar-refractivity contribution in [3.8, 4) is 11.6 Å². The number of rotatable bonds is 9. The molecule has 3 atom stereocenters. The van der Waals surface area contributed by atoms with E-state index in [0.29, 0.717) is 78.0 Å². The quantitative estimate of drug-likeness (QED) is 0.238. The zero-order chi connectivity index (χ0) is 38.8. The van der Waals surface area contributed by atoms with E-state index in [2.05, 4.69) is 51.0 Å². The predicted octanol–water partition coefficient (Wildman–Crippen LogP) is 7.65. The van der Waals surface area contributed by atoms with Crippen LogP contribution in [0.25, 0.3) is 0 Å². The second kappa shape index (κ2) is 15.7. The Morgan fingerprint density at radius 1 is 1.04 bits per heavy atom. The Morgan fingerprint density at radius 3 is 2.39 bits per heavy atom. The van der Waals surface area contributed by atoms with Crippen LogP contribution in [0, 0.1) is 5.92 Å². The van der Waals surface area contributed by atoms with E-state index in [-0.39, 0.29) is 29.8 Å². The molecule has 1 N–H and O–H groups in total. The number of nitrogens with one attached hydrogen (secondary N) is 1. The van der Waals surface area contributed by atoms with E-state index in [1.807, 2.05) is 64.1 Å². The van der Waals surface area contributed by atoms with Crippen LogP contribution in [0.5, 0.6) is 11.6 Å². The van der Waals surface area contributed by atoms with Gasteiger partial charge in [0.05, 0.1) is 36.9 Å². The van der Waals surface area contributed by atoms with E-state index in [9.17, 15) is 4.79 Å². The van der Waals surface area contributed by atoms with Crippen LogP contribution in [0.15, 0.2) is 83.1 Å². The first-order valence-electron chi connectivity index (χ1n) is 18.3. The summed E-state index contributed by atoms with van der Waals surface area (Å²) in [7, 11) is 1.51. The van der Waals surface area contributed by atoms with Gasteiger partial charge in [0.15, 0.2) is 0 Å². The number of anilines is 1. The number of allylic oxidation sites excluding steroid dienone is 3. The third-order valence-electron chi connectivity index (χ3n) is 10.8. The van der Waals surface area contributed by atoms with E-state index in [1.54, 1.807) is 24.5 Å². The second-order valence-corrected chi connectivity index (χ2v) is 16.1. The van der Waals surface area contributed by atoms with Gasteiger partial charge in [0.2, 0.25) is 11.8 Å². The van der Waals surface area contributed by atoms with Crippen molar-refractivity contribution in [2.24, 2.45) is 10.9 Å². The van der Waals surface area contributed by atoms with Gasteiger partial charge in [-0.05, 0) is 63.1 Å². The molecule has 0 saturated carbocycles. The summed E-state index contributed by atoms with van der Waals surface area (Å²) in [6, 6.07) is 12.9. The maximum absolute atomic E-state index is 15.3. The van der Waals surface area contributed by atoms with Crippen molar-refractivity contribution in [3.63, 3.8) is 0 Å². The smallest absolute Gasteiger partial charge is 0.326 e. The molecule has 1 unspecified atom stereocenters. The van der Waals surface area contributed by atoms with Crippen LogP contribution in [0.1, 0.15) is 64.8 Å².